The highest BCUT2D eigenvalue weighted by atomic mass is 16.1. The third-order valence-corrected chi connectivity index (χ3v) is 3.68. The quantitative estimate of drug-likeness (QED) is 0.828. The number of piperidine rings is 1. The van der Waals surface area contributed by atoms with Gasteiger partial charge in [-0.15, -0.1) is 0 Å². The fraction of sp³-hybridized carbons (Fsp3) is 0.533. The predicted molar refractivity (Wildman–Crippen MR) is 75.3 cm³/mol. The van der Waals surface area contributed by atoms with Gasteiger partial charge in [-0.25, -0.2) is 0 Å². The second-order valence-corrected chi connectivity index (χ2v) is 5.17. The fourth-order valence-corrected chi connectivity index (χ4v) is 2.39. The molecule has 0 atom stereocenters. The number of rotatable bonds is 4. The van der Waals surface area contributed by atoms with Gasteiger partial charge in [0.15, 0.2) is 5.78 Å². The molecule has 0 bridgehead atoms. The first-order valence-corrected chi connectivity index (χ1v) is 6.73. The second-order valence-electron chi connectivity index (χ2n) is 5.17. The van der Waals surface area contributed by atoms with Crippen LogP contribution in [0.4, 0.5) is 5.69 Å². The second kappa shape index (κ2) is 6.01. The van der Waals surface area contributed by atoms with Crippen molar-refractivity contribution in [3.05, 3.63) is 29.8 Å². The van der Waals surface area contributed by atoms with Gasteiger partial charge in [0.2, 0.25) is 0 Å². The molecule has 1 aliphatic heterocycles. The van der Waals surface area contributed by atoms with Crippen LogP contribution in [-0.4, -0.2) is 32.5 Å². The van der Waals surface area contributed by atoms with Crippen molar-refractivity contribution in [3.63, 3.8) is 0 Å². The lowest BCUT2D eigenvalue weighted by molar-refractivity contribution is 0.0993. The Morgan fingerprint density at radius 1 is 1.28 bits per heavy atom. The van der Waals surface area contributed by atoms with Crippen molar-refractivity contribution in [1.82, 2.24) is 5.32 Å². The number of hydrogen-bond acceptors (Lipinski definition) is 3. The summed E-state index contributed by atoms with van der Waals surface area (Å²) in [5, 5.41) is 2.89. The number of benzene rings is 1. The third kappa shape index (κ3) is 3.10. The number of Topliss-reactive ketones (excluding diaryl/α,β-unsaturated/α-hetero) is 1. The summed E-state index contributed by atoms with van der Waals surface area (Å²) in [6.07, 6.45) is 2.53. The molecule has 3 heteroatoms. The van der Waals surface area contributed by atoms with E-state index in [2.05, 4.69) is 29.3 Å². The van der Waals surface area contributed by atoms with Crippen molar-refractivity contribution in [2.75, 3.05) is 31.6 Å². The van der Waals surface area contributed by atoms with E-state index in [1.165, 1.54) is 18.5 Å². The van der Waals surface area contributed by atoms with Gasteiger partial charge in [0, 0.05) is 24.3 Å². The minimum atomic E-state index is 0.149. The molecule has 0 radical (unpaired) electrons. The molecular weight excluding hydrogens is 224 g/mol. The van der Waals surface area contributed by atoms with Crippen LogP contribution in [0, 0.1) is 5.92 Å². The topological polar surface area (TPSA) is 32.3 Å². The standard InChI is InChI=1S/C15H22N2O/c1-12-7-9-17(10-8-12)14-5-3-13(4-6-14)15(18)11-16-2/h3-6,12,16H,7-11H2,1-2H3. The van der Waals surface area contributed by atoms with Gasteiger partial charge in [-0.3, -0.25) is 4.79 Å². The molecule has 1 heterocycles. The lowest BCUT2D eigenvalue weighted by Gasteiger charge is -2.32. The van der Waals surface area contributed by atoms with E-state index in [4.69, 9.17) is 0 Å². The number of carbonyl (C=O) groups is 1. The molecule has 1 aromatic carbocycles. The smallest absolute Gasteiger partial charge is 0.176 e. The third-order valence-electron chi connectivity index (χ3n) is 3.68. The molecule has 1 N–H and O–H groups in total. The summed E-state index contributed by atoms with van der Waals surface area (Å²) < 4.78 is 0. The molecule has 0 saturated carbocycles. The Hall–Kier alpha value is -1.35. The van der Waals surface area contributed by atoms with Gasteiger partial charge in [-0.2, -0.15) is 0 Å². The van der Waals surface area contributed by atoms with E-state index in [0.29, 0.717) is 6.54 Å². The average Bonchev–Trinajstić information content (AvgIpc) is 2.40. The summed E-state index contributed by atoms with van der Waals surface area (Å²) in [5.74, 6) is 0.994. The Bertz CT molecular complexity index is 391. The van der Waals surface area contributed by atoms with Crippen LogP contribution in [0.2, 0.25) is 0 Å². The van der Waals surface area contributed by atoms with E-state index in [-0.39, 0.29) is 5.78 Å². The van der Waals surface area contributed by atoms with Crippen LogP contribution in [0.15, 0.2) is 24.3 Å². The zero-order chi connectivity index (χ0) is 13.0. The number of hydrogen-bond donors (Lipinski definition) is 1. The molecule has 3 nitrogen and oxygen atoms in total. The first-order chi connectivity index (χ1) is 8.70. The van der Waals surface area contributed by atoms with Gasteiger partial charge in [0.25, 0.3) is 0 Å². The van der Waals surface area contributed by atoms with E-state index < -0.39 is 0 Å². The Labute approximate surface area is 109 Å². The maximum absolute atomic E-state index is 11.7. The van der Waals surface area contributed by atoms with Crippen LogP contribution < -0.4 is 10.2 Å². The highest BCUT2D eigenvalue weighted by molar-refractivity contribution is 5.97. The van der Waals surface area contributed by atoms with Crippen molar-refractivity contribution in [1.29, 1.82) is 0 Å². The molecule has 18 heavy (non-hydrogen) atoms. The molecule has 98 valence electrons. The van der Waals surface area contributed by atoms with Crippen molar-refractivity contribution in [3.8, 4) is 0 Å². The number of nitrogens with one attached hydrogen (secondary N) is 1. The van der Waals surface area contributed by atoms with Crippen molar-refractivity contribution >= 4 is 11.5 Å². The van der Waals surface area contributed by atoms with Gasteiger partial charge >= 0.3 is 0 Å². The number of anilines is 1. The highest BCUT2D eigenvalue weighted by Gasteiger charge is 2.16. The van der Waals surface area contributed by atoms with Gasteiger partial charge in [-0.05, 0) is 50.1 Å². The van der Waals surface area contributed by atoms with Crippen LogP contribution in [0.25, 0.3) is 0 Å². The summed E-state index contributed by atoms with van der Waals surface area (Å²) in [7, 11) is 1.79. The zero-order valence-corrected chi connectivity index (χ0v) is 11.3. The number of ketones is 1. The van der Waals surface area contributed by atoms with E-state index in [1.54, 1.807) is 7.05 Å². The lowest BCUT2D eigenvalue weighted by atomic mass is 9.98. The van der Waals surface area contributed by atoms with E-state index >= 15 is 0 Å². The van der Waals surface area contributed by atoms with Gasteiger partial charge in [-0.1, -0.05) is 6.92 Å². The Morgan fingerprint density at radius 2 is 1.89 bits per heavy atom. The molecule has 2 rings (SSSR count). The van der Waals surface area contributed by atoms with Crippen molar-refractivity contribution < 1.29 is 4.79 Å². The van der Waals surface area contributed by atoms with E-state index in [0.717, 1.165) is 24.6 Å². The molecule has 1 aromatic rings. The molecule has 0 unspecified atom stereocenters. The normalized spacial score (nSPS) is 16.9. The van der Waals surface area contributed by atoms with Gasteiger partial charge < -0.3 is 10.2 Å². The number of nitrogens with zero attached hydrogens (tertiary/aromatic N) is 1. The largest absolute Gasteiger partial charge is 0.372 e. The van der Waals surface area contributed by atoms with Crippen LogP contribution in [0.3, 0.4) is 0 Å². The molecule has 0 aliphatic carbocycles. The SMILES string of the molecule is CNCC(=O)c1ccc(N2CCC(C)CC2)cc1. The van der Waals surface area contributed by atoms with E-state index in [1.807, 2.05) is 12.1 Å². The molecule has 1 aliphatic rings. The maximum atomic E-state index is 11.7. The first kappa shape index (κ1) is 13.1. The summed E-state index contributed by atoms with van der Waals surface area (Å²) in [6, 6.07) is 8.01. The Kier molecular flexibility index (Phi) is 4.37. The molecule has 0 spiro atoms. The van der Waals surface area contributed by atoms with Gasteiger partial charge in [0.05, 0.1) is 6.54 Å². The minimum Gasteiger partial charge on any atom is -0.372 e. The van der Waals surface area contributed by atoms with Crippen LogP contribution in [0.5, 0.6) is 0 Å². The summed E-state index contributed by atoms with van der Waals surface area (Å²) in [6.45, 7) is 4.98. The van der Waals surface area contributed by atoms with Crippen LogP contribution in [-0.2, 0) is 0 Å². The molecule has 0 amide bonds. The van der Waals surface area contributed by atoms with Gasteiger partial charge in [0.1, 0.15) is 0 Å². The van der Waals surface area contributed by atoms with Crippen molar-refractivity contribution in [2.45, 2.75) is 19.8 Å². The molecule has 1 fully saturated rings. The molecule has 1 saturated heterocycles. The number of likely N-dealkylation sites (N-methyl/N-ethyl adjacent to an activating group) is 1. The van der Waals surface area contributed by atoms with Crippen LogP contribution >= 0.6 is 0 Å². The Morgan fingerprint density at radius 3 is 2.44 bits per heavy atom. The maximum Gasteiger partial charge on any atom is 0.176 e. The van der Waals surface area contributed by atoms with Crippen molar-refractivity contribution in [2.24, 2.45) is 5.92 Å². The number of carbonyl (C=O) groups excluding carboxylic acids is 1. The summed E-state index contributed by atoms with van der Waals surface area (Å²) >= 11 is 0. The highest BCUT2D eigenvalue weighted by Crippen LogP contribution is 2.23. The minimum absolute atomic E-state index is 0.149. The van der Waals surface area contributed by atoms with Crippen LogP contribution in [0.1, 0.15) is 30.1 Å². The van der Waals surface area contributed by atoms with E-state index in [9.17, 15) is 4.79 Å². The zero-order valence-electron chi connectivity index (χ0n) is 11.3. The lowest BCUT2D eigenvalue weighted by Crippen LogP contribution is -2.32. The molecule has 0 aromatic heterocycles. The first-order valence-electron chi connectivity index (χ1n) is 6.73. The molecular formula is C15H22N2O. The fourth-order valence-electron chi connectivity index (χ4n) is 2.39. The summed E-state index contributed by atoms with van der Waals surface area (Å²) in [5.41, 5.74) is 2.03. The average molecular weight is 246 g/mol. The summed E-state index contributed by atoms with van der Waals surface area (Å²) in [4.78, 5) is 14.1. The Balaban J connectivity index is 2.01. The predicted octanol–water partition coefficient (Wildman–Crippen LogP) is 2.33. The monoisotopic (exact) mass is 246 g/mol.